The molecule has 3 rings (SSSR count). The van der Waals surface area contributed by atoms with Crippen LogP contribution in [-0.4, -0.2) is 78.3 Å². The fourth-order valence-corrected chi connectivity index (χ4v) is 4.18. The van der Waals surface area contributed by atoms with E-state index < -0.39 is 23.0 Å². The van der Waals surface area contributed by atoms with Crippen LogP contribution in [0.15, 0.2) is 12.1 Å². The number of rotatable bonds is 6. The fourth-order valence-electron chi connectivity index (χ4n) is 4.18. The van der Waals surface area contributed by atoms with E-state index in [1.54, 1.807) is 17.9 Å². The Morgan fingerprint density at radius 2 is 1.83 bits per heavy atom. The van der Waals surface area contributed by atoms with Gasteiger partial charge in [0, 0.05) is 44.7 Å². The highest BCUT2D eigenvalue weighted by Gasteiger charge is 2.38. The molecular formula is C24H34N4O7. The van der Waals surface area contributed by atoms with Gasteiger partial charge >= 0.3 is 12.1 Å². The minimum Gasteiger partial charge on any atom is -0.494 e. The molecule has 0 unspecified atom stereocenters. The van der Waals surface area contributed by atoms with Gasteiger partial charge in [0.1, 0.15) is 11.4 Å². The Balaban J connectivity index is 1.81. The molecule has 2 aliphatic rings. The number of carbonyl (C=O) groups excluding carboxylic acids is 3. The van der Waals surface area contributed by atoms with E-state index in [1.807, 2.05) is 25.7 Å². The van der Waals surface area contributed by atoms with Gasteiger partial charge in [0.15, 0.2) is 0 Å². The zero-order valence-electron chi connectivity index (χ0n) is 20.9. The summed E-state index contributed by atoms with van der Waals surface area (Å²) in [5.41, 5.74) is -0.444. The second kappa shape index (κ2) is 10.1. The number of nitrogens with zero attached hydrogens (tertiary/aromatic N) is 2. The summed E-state index contributed by atoms with van der Waals surface area (Å²) < 4.78 is 11.1. The monoisotopic (exact) mass is 490 g/mol. The molecule has 11 nitrogen and oxygen atoms in total. The Bertz CT molecular complexity index is 1010. The smallest absolute Gasteiger partial charge is 0.410 e. The Kier molecular flexibility index (Phi) is 7.59. The van der Waals surface area contributed by atoms with Gasteiger partial charge in [-0.25, -0.2) is 9.59 Å². The van der Waals surface area contributed by atoms with Crippen molar-refractivity contribution >= 4 is 29.6 Å². The van der Waals surface area contributed by atoms with Crippen molar-refractivity contribution in [3.63, 3.8) is 0 Å². The lowest BCUT2D eigenvalue weighted by atomic mass is 9.90. The van der Waals surface area contributed by atoms with Crippen molar-refractivity contribution in [3.8, 4) is 5.75 Å². The normalized spacial score (nSPS) is 20.9. The average molecular weight is 491 g/mol. The predicted octanol–water partition coefficient (Wildman–Crippen LogP) is 1.74. The Labute approximate surface area is 204 Å². The molecule has 0 radical (unpaired) electrons. The van der Waals surface area contributed by atoms with E-state index in [-0.39, 0.29) is 30.5 Å². The molecule has 0 bridgehead atoms. The van der Waals surface area contributed by atoms with Gasteiger partial charge in [0.2, 0.25) is 11.8 Å². The van der Waals surface area contributed by atoms with E-state index >= 15 is 0 Å². The maximum atomic E-state index is 12.4. The molecule has 1 aromatic rings. The number of benzene rings is 1. The standard InChI is InChI=1S/C24H34N4O7/c1-23(2,3)35-22(33)28-12-10-27(11-13-28)17-7-6-15(20(30)31)16(19(17)34-5)14-25-24(4)9-8-18(29)26-21(24)32/h6-7,25H,8-14H2,1-5H3,(H,30,31)(H,26,29,32)/t24-/m1/s1. The van der Waals surface area contributed by atoms with Crippen molar-refractivity contribution in [2.75, 3.05) is 38.2 Å². The second-order valence-electron chi connectivity index (χ2n) is 9.97. The average Bonchev–Trinajstić information content (AvgIpc) is 2.78. The molecular weight excluding hydrogens is 456 g/mol. The van der Waals surface area contributed by atoms with E-state index in [0.29, 0.717) is 49.6 Å². The van der Waals surface area contributed by atoms with E-state index in [2.05, 4.69) is 10.6 Å². The highest BCUT2D eigenvalue weighted by atomic mass is 16.6. The van der Waals surface area contributed by atoms with Gasteiger partial charge < -0.3 is 24.4 Å². The summed E-state index contributed by atoms with van der Waals surface area (Å²) >= 11 is 0. The number of imide groups is 1. The number of ether oxygens (including phenoxy) is 2. The van der Waals surface area contributed by atoms with Crippen LogP contribution in [0.5, 0.6) is 5.75 Å². The van der Waals surface area contributed by atoms with Crippen molar-refractivity contribution < 1.29 is 33.8 Å². The van der Waals surface area contributed by atoms with Gasteiger partial charge in [-0.15, -0.1) is 0 Å². The van der Waals surface area contributed by atoms with E-state index in [1.165, 1.54) is 13.2 Å². The number of aromatic carboxylic acids is 1. The molecule has 2 aliphatic heterocycles. The quantitative estimate of drug-likeness (QED) is 0.509. The van der Waals surface area contributed by atoms with E-state index in [9.17, 15) is 24.3 Å². The van der Waals surface area contributed by atoms with Gasteiger partial charge in [0.05, 0.1) is 23.9 Å². The van der Waals surface area contributed by atoms with Crippen molar-refractivity contribution in [2.45, 2.75) is 58.2 Å². The van der Waals surface area contributed by atoms with Gasteiger partial charge in [0.25, 0.3) is 0 Å². The van der Waals surface area contributed by atoms with Gasteiger partial charge in [-0.3, -0.25) is 20.2 Å². The maximum Gasteiger partial charge on any atom is 0.410 e. The Morgan fingerprint density at radius 3 is 2.37 bits per heavy atom. The van der Waals surface area contributed by atoms with Crippen LogP contribution in [0.25, 0.3) is 0 Å². The van der Waals surface area contributed by atoms with Crippen LogP contribution in [0.1, 0.15) is 56.5 Å². The molecule has 2 saturated heterocycles. The van der Waals surface area contributed by atoms with Gasteiger partial charge in [-0.1, -0.05) is 0 Å². The summed E-state index contributed by atoms with van der Waals surface area (Å²) in [6.07, 6.45) is 0.127. The number of piperazine rings is 1. The van der Waals surface area contributed by atoms with Crippen molar-refractivity contribution in [2.24, 2.45) is 0 Å². The maximum absolute atomic E-state index is 12.4. The highest BCUT2D eigenvalue weighted by Crippen LogP contribution is 2.36. The lowest BCUT2D eigenvalue weighted by molar-refractivity contribution is -0.138. The van der Waals surface area contributed by atoms with Gasteiger partial charge in [-0.05, 0) is 46.2 Å². The third kappa shape index (κ3) is 6.02. The molecule has 1 aromatic carbocycles. The number of hydrogen-bond acceptors (Lipinski definition) is 8. The minimum absolute atomic E-state index is 0.0502. The number of methoxy groups -OCH3 is 1. The Hall–Kier alpha value is -3.34. The molecule has 1 atom stereocenters. The first kappa shape index (κ1) is 26.3. The molecule has 35 heavy (non-hydrogen) atoms. The fraction of sp³-hybridized carbons (Fsp3) is 0.583. The molecule has 3 N–H and O–H groups in total. The summed E-state index contributed by atoms with van der Waals surface area (Å²) in [5, 5.41) is 15.2. The number of amides is 3. The van der Waals surface area contributed by atoms with Crippen LogP contribution in [0, 0.1) is 0 Å². The molecule has 0 aliphatic carbocycles. The summed E-state index contributed by atoms with van der Waals surface area (Å²) in [6.45, 7) is 9.10. The zero-order valence-corrected chi connectivity index (χ0v) is 20.9. The molecule has 0 spiro atoms. The lowest BCUT2D eigenvalue weighted by Crippen LogP contribution is -2.59. The molecule has 11 heteroatoms. The van der Waals surface area contributed by atoms with Crippen LogP contribution >= 0.6 is 0 Å². The number of piperidine rings is 1. The third-order valence-electron chi connectivity index (χ3n) is 6.21. The third-order valence-corrected chi connectivity index (χ3v) is 6.21. The first-order valence-electron chi connectivity index (χ1n) is 11.6. The van der Waals surface area contributed by atoms with Crippen molar-refractivity contribution in [1.82, 2.24) is 15.5 Å². The van der Waals surface area contributed by atoms with Gasteiger partial charge in [-0.2, -0.15) is 0 Å². The molecule has 3 amide bonds. The SMILES string of the molecule is COc1c(N2CCN(C(=O)OC(C)(C)C)CC2)ccc(C(=O)O)c1CN[C@]1(C)CCC(=O)NC1=O. The molecule has 192 valence electrons. The summed E-state index contributed by atoms with van der Waals surface area (Å²) in [7, 11) is 1.47. The summed E-state index contributed by atoms with van der Waals surface area (Å²) in [4.78, 5) is 52.0. The van der Waals surface area contributed by atoms with Crippen molar-refractivity contribution in [3.05, 3.63) is 23.3 Å². The number of anilines is 1. The van der Waals surface area contributed by atoms with Crippen LogP contribution in [0.3, 0.4) is 0 Å². The summed E-state index contributed by atoms with van der Waals surface area (Å²) in [5.74, 6) is -1.50. The molecule has 2 fully saturated rings. The highest BCUT2D eigenvalue weighted by molar-refractivity contribution is 6.02. The molecule has 2 heterocycles. The number of carboxylic acid groups (broad SMARTS) is 1. The lowest BCUT2D eigenvalue weighted by Gasteiger charge is -2.38. The van der Waals surface area contributed by atoms with E-state index in [4.69, 9.17) is 9.47 Å². The second-order valence-corrected chi connectivity index (χ2v) is 9.97. The topological polar surface area (TPSA) is 138 Å². The number of carbonyl (C=O) groups is 4. The van der Waals surface area contributed by atoms with Crippen LogP contribution in [0.2, 0.25) is 0 Å². The summed E-state index contributed by atoms with van der Waals surface area (Å²) in [6, 6.07) is 3.22. The molecule has 0 aromatic heterocycles. The number of nitrogens with one attached hydrogen (secondary N) is 2. The first-order chi connectivity index (χ1) is 16.3. The largest absolute Gasteiger partial charge is 0.494 e. The molecule has 0 saturated carbocycles. The predicted molar refractivity (Wildman–Crippen MR) is 128 cm³/mol. The van der Waals surface area contributed by atoms with Crippen LogP contribution in [-0.2, 0) is 20.9 Å². The van der Waals surface area contributed by atoms with E-state index in [0.717, 1.165) is 0 Å². The van der Waals surface area contributed by atoms with Crippen LogP contribution < -0.4 is 20.3 Å². The first-order valence-corrected chi connectivity index (χ1v) is 11.6. The van der Waals surface area contributed by atoms with Crippen molar-refractivity contribution in [1.29, 1.82) is 0 Å². The Morgan fingerprint density at radius 1 is 1.17 bits per heavy atom. The number of hydrogen-bond donors (Lipinski definition) is 3. The van der Waals surface area contributed by atoms with Crippen LogP contribution in [0.4, 0.5) is 10.5 Å². The number of carboxylic acids is 1. The zero-order chi connectivity index (χ0) is 26.0. The minimum atomic E-state index is -1.12.